The lowest BCUT2D eigenvalue weighted by Gasteiger charge is -2.15. The molecule has 0 saturated heterocycles. The summed E-state index contributed by atoms with van der Waals surface area (Å²) in [6.07, 6.45) is -2.61. The van der Waals surface area contributed by atoms with Crippen molar-refractivity contribution in [1.82, 2.24) is 0 Å². The number of halogens is 4. The Kier molecular flexibility index (Phi) is 4.69. The number of fused-ring (bicyclic) bond motifs is 1. The maximum atomic E-state index is 13.4. The van der Waals surface area contributed by atoms with Gasteiger partial charge in [-0.05, 0) is 30.5 Å². The minimum Gasteiger partial charge on any atom is -0.277 e. The van der Waals surface area contributed by atoms with E-state index in [1.54, 1.807) is 24.3 Å². The van der Waals surface area contributed by atoms with Crippen LogP contribution in [0.1, 0.15) is 16.7 Å². The zero-order chi connectivity index (χ0) is 17.3. The smallest absolute Gasteiger partial charge is 0.277 e. The average Bonchev–Trinajstić information content (AvgIpc) is 2.73. The first kappa shape index (κ1) is 17.0. The van der Waals surface area contributed by atoms with E-state index in [9.17, 15) is 13.2 Å². The third-order valence-corrected chi connectivity index (χ3v) is 4.48. The molecule has 0 amide bonds. The molecule has 0 atom stereocenters. The fraction of sp³-hybridized carbons (Fsp3) is 0.176. The molecule has 0 aliphatic carbocycles. The van der Waals surface area contributed by atoms with Gasteiger partial charge in [-0.1, -0.05) is 29.8 Å². The second kappa shape index (κ2) is 6.61. The lowest BCUT2D eigenvalue weighted by Crippen LogP contribution is -2.15. The third-order valence-electron chi connectivity index (χ3n) is 3.55. The van der Waals surface area contributed by atoms with Crippen molar-refractivity contribution in [3.63, 3.8) is 0 Å². The van der Waals surface area contributed by atoms with Crippen LogP contribution in [-0.4, -0.2) is 23.6 Å². The fourth-order valence-corrected chi connectivity index (χ4v) is 3.03. The van der Waals surface area contributed by atoms with E-state index in [2.05, 4.69) is 9.98 Å². The van der Waals surface area contributed by atoms with Crippen molar-refractivity contribution in [2.24, 2.45) is 9.98 Å². The molecule has 0 fully saturated rings. The maximum Gasteiger partial charge on any atom is 0.417 e. The SMILES string of the molecule is CSC1=Nc2ccc(Cl)cc2C(c2ccccc2C(F)(F)F)=NC1. The highest BCUT2D eigenvalue weighted by Gasteiger charge is 2.35. The Hall–Kier alpha value is -1.79. The highest BCUT2D eigenvalue weighted by Crippen LogP contribution is 2.36. The second-order valence-electron chi connectivity index (χ2n) is 5.08. The molecule has 0 bridgehead atoms. The largest absolute Gasteiger partial charge is 0.417 e. The zero-order valence-corrected chi connectivity index (χ0v) is 14.1. The predicted molar refractivity (Wildman–Crippen MR) is 94.0 cm³/mol. The van der Waals surface area contributed by atoms with Crippen LogP contribution in [0.5, 0.6) is 0 Å². The van der Waals surface area contributed by atoms with Gasteiger partial charge in [0.25, 0.3) is 0 Å². The van der Waals surface area contributed by atoms with Gasteiger partial charge in [0.05, 0.1) is 28.6 Å². The van der Waals surface area contributed by atoms with E-state index in [-0.39, 0.29) is 17.8 Å². The van der Waals surface area contributed by atoms with Crippen LogP contribution in [0.15, 0.2) is 52.4 Å². The molecule has 0 spiro atoms. The number of rotatable bonds is 1. The molecule has 1 aliphatic heterocycles. The Labute approximate surface area is 146 Å². The maximum absolute atomic E-state index is 13.4. The summed E-state index contributed by atoms with van der Waals surface area (Å²) in [7, 11) is 0. The number of aliphatic imine (C=N–C) groups is 2. The minimum atomic E-state index is -4.46. The van der Waals surface area contributed by atoms with Crippen LogP contribution in [0, 0.1) is 0 Å². The van der Waals surface area contributed by atoms with Crippen molar-refractivity contribution in [3.8, 4) is 0 Å². The van der Waals surface area contributed by atoms with E-state index >= 15 is 0 Å². The number of alkyl halides is 3. The van der Waals surface area contributed by atoms with Gasteiger partial charge < -0.3 is 0 Å². The van der Waals surface area contributed by atoms with Crippen LogP contribution in [-0.2, 0) is 6.18 Å². The molecule has 0 unspecified atom stereocenters. The van der Waals surface area contributed by atoms with Crippen molar-refractivity contribution in [1.29, 1.82) is 0 Å². The molecule has 7 heteroatoms. The number of nitrogens with zero attached hydrogens (tertiary/aromatic N) is 2. The van der Waals surface area contributed by atoms with Crippen LogP contribution in [0.3, 0.4) is 0 Å². The Bertz CT molecular complexity index is 844. The summed E-state index contributed by atoms with van der Waals surface area (Å²) in [5.74, 6) is 0. The molecule has 3 rings (SSSR count). The molecule has 124 valence electrons. The number of hydrogen-bond donors (Lipinski definition) is 0. The average molecular weight is 369 g/mol. The van der Waals surface area contributed by atoms with E-state index in [0.717, 1.165) is 11.1 Å². The highest BCUT2D eigenvalue weighted by atomic mass is 35.5. The van der Waals surface area contributed by atoms with E-state index < -0.39 is 11.7 Å². The van der Waals surface area contributed by atoms with E-state index in [0.29, 0.717) is 16.3 Å². The van der Waals surface area contributed by atoms with Crippen LogP contribution in [0.25, 0.3) is 0 Å². The summed E-state index contributed by atoms with van der Waals surface area (Å²) < 4.78 is 40.2. The molecule has 0 N–H and O–H groups in total. The molecule has 2 nitrogen and oxygen atoms in total. The van der Waals surface area contributed by atoms with Gasteiger partial charge in [0.1, 0.15) is 0 Å². The molecule has 1 heterocycles. The number of thioether (sulfide) groups is 1. The zero-order valence-electron chi connectivity index (χ0n) is 12.6. The summed E-state index contributed by atoms with van der Waals surface area (Å²) in [6, 6.07) is 10.4. The van der Waals surface area contributed by atoms with Crippen molar-refractivity contribution in [2.75, 3.05) is 12.8 Å². The lowest BCUT2D eigenvalue weighted by molar-refractivity contribution is -0.137. The summed E-state index contributed by atoms with van der Waals surface area (Å²) in [4.78, 5) is 8.90. The van der Waals surface area contributed by atoms with Gasteiger partial charge in [0.2, 0.25) is 0 Å². The first-order valence-corrected chi connectivity index (χ1v) is 8.63. The van der Waals surface area contributed by atoms with Crippen molar-refractivity contribution < 1.29 is 13.2 Å². The molecule has 0 aromatic heterocycles. The minimum absolute atomic E-state index is 0.0334. The molecule has 24 heavy (non-hydrogen) atoms. The first-order valence-electron chi connectivity index (χ1n) is 7.02. The summed E-state index contributed by atoms with van der Waals surface area (Å²) in [6.45, 7) is 0.231. The highest BCUT2D eigenvalue weighted by molar-refractivity contribution is 8.13. The Morgan fingerprint density at radius 2 is 1.83 bits per heavy atom. The molecule has 2 aromatic rings. The second-order valence-corrected chi connectivity index (χ2v) is 6.40. The summed E-state index contributed by atoms with van der Waals surface area (Å²) in [5, 5.41) is 1.16. The molecule has 0 saturated carbocycles. The quantitative estimate of drug-likeness (QED) is 0.642. The van der Waals surface area contributed by atoms with Crippen LogP contribution >= 0.6 is 23.4 Å². The predicted octanol–water partition coefficient (Wildman–Crippen LogP) is 5.60. The van der Waals surface area contributed by atoms with Gasteiger partial charge in [-0.15, -0.1) is 11.8 Å². The Balaban J connectivity index is 2.25. The van der Waals surface area contributed by atoms with Crippen molar-refractivity contribution in [3.05, 3.63) is 64.2 Å². The van der Waals surface area contributed by atoms with Gasteiger partial charge >= 0.3 is 6.18 Å². The number of hydrogen-bond acceptors (Lipinski definition) is 3. The topological polar surface area (TPSA) is 24.7 Å². The molecule has 2 aromatic carbocycles. The van der Waals surface area contributed by atoms with E-state index in [4.69, 9.17) is 11.6 Å². The van der Waals surface area contributed by atoms with Crippen LogP contribution < -0.4 is 0 Å². The van der Waals surface area contributed by atoms with Gasteiger partial charge in [0.15, 0.2) is 0 Å². The Morgan fingerprint density at radius 1 is 1.08 bits per heavy atom. The van der Waals surface area contributed by atoms with Crippen LogP contribution in [0.2, 0.25) is 5.02 Å². The van der Waals surface area contributed by atoms with Gasteiger partial charge in [-0.2, -0.15) is 13.2 Å². The monoisotopic (exact) mass is 368 g/mol. The summed E-state index contributed by atoms with van der Waals surface area (Å²) >= 11 is 7.47. The fourth-order valence-electron chi connectivity index (χ4n) is 2.47. The standard InChI is InChI=1S/C17H12ClF3N2S/c1-24-15-9-22-16(12-8-10(18)6-7-14(12)23-15)11-4-2-3-5-13(11)17(19,20)21/h2-8H,9H2,1H3. The third kappa shape index (κ3) is 3.35. The van der Waals surface area contributed by atoms with E-state index in [1.807, 2.05) is 6.26 Å². The normalized spacial score (nSPS) is 14.5. The molecule has 1 aliphatic rings. The first-order chi connectivity index (χ1) is 11.4. The van der Waals surface area contributed by atoms with Crippen LogP contribution in [0.4, 0.5) is 18.9 Å². The van der Waals surface area contributed by atoms with Gasteiger partial charge in [-0.3, -0.25) is 4.99 Å². The lowest BCUT2D eigenvalue weighted by atomic mass is 9.96. The molecular weight excluding hydrogens is 357 g/mol. The molecular formula is C17H12ClF3N2S. The number of benzene rings is 2. The Morgan fingerprint density at radius 3 is 2.54 bits per heavy atom. The molecule has 0 radical (unpaired) electrons. The van der Waals surface area contributed by atoms with Crippen molar-refractivity contribution >= 4 is 39.8 Å². The van der Waals surface area contributed by atoms with E-state index in [1.165, 1.54) is 23.9 Å². The van der Waals surface area contributed by atoms with Gasteiger partial charge in [-0.25, -0.2) is 4.99 Å². The van der Waals surface area contributed by atoms with Gasteiger partial charge in [0, 0.05) is 16.1 Å². The summed E-state index contributed by atoms with van der Waals surface area (Å²) in [5.41, 5.74) is 0.641. The van der Waals surface area contributed by atoms with Crippen molar-refractivity contribution in [2.45, 2.75) is 6.18 Å².